The number of amides is 1. The number of aromatic nitrogens is 4. The number of carbonyl (C=O) groups is 2. The summed E-state index contributed by atoms with van der Waals surface area (Å²) in [5, 5.41) is 0.841. The molecule has 4 rings (SSSR count). The van der Waals surface area contributed by atoms with Gasteiger partial charge in [-0.2, -0.15) is 0 Å². The van der Waals surface area contributed by atoms with Gasteiger partial charge in [-0.05, 0) is 66.2 Å². The summed E-state index contributed by atoms with van der Waals surface area (Å²) in [5.74, 6) is 0.888. The van der Waals surface area contributed by atoms with Crippen LogP contribution in [0.25, 0.3) is 22.4 Å². The molecule has 0 spiro atoms. The molecule has 0 N–H and O–H groups in total. The molecule has 10 nitrogen and oxygen atoms in total. The van der Waals surface area contributed by atoms with Crippen LogP contribution in [0.5, 0.6) is 0 Å². The highest BCUT2D eigenvalue weighted by Gasteiger charge is 2.36. The molecule has 0 aromatic carbocycles. The molecule has 38 heavy (non-hydrogen) atoms. The zero-order chi connectivity index (χ0) is 27.8. The van der Waals surface area contributed by atoms with E-state index >= 15 is 0 Å². The lowest BCUT2D eigenvalue weighted by molar-refractivity contribution is 0.0130. The molecule has 0 bridgehead atoms. The Morgan fingerprint density at radius 3 is 2.53 bits per heavy atom. The van der Waals surface area contributed by atoms with E-state index in [2.05, 4.69) is 28.4 Å². The summed E-state index contributed by atoms with van der Waals surface area (Å²) in [5.41, 5.74) is 2.22. The molecule has 0 saturated carbocycles. The fraction of sp³-hybridized carbons (Fsp3) is 0.464. The number of hydrogen-bond donors (Lipinski definition) is 0. The fourth-order valence-electron chi connectivity index (χ4n) is 4.65. The number of ether oxygens (including phenoxy) is 2. The van der Waals surface area contributed by atoms with Crippen LogP contribution < -0.4 is 4.90 Å². The fourth-order valence-corrected chi connectivity index (χ4v) is 4.65. The van der Waals surface area contributed by atoms with Crippen LogP contribution in [-0.2, 0) is 9.47 Å². The maximum atomic E-state index is 12.9. The first-order valence-corrected chi connectivity index (χ1v) is 12.8. The second-order valence-corrected chi connectivity index (χ2v) is 10.7. The SMILES string of the molecule is C=C(C)c1cn(-c2cc(C(=O)OCC)ccn2)c2ncnc(N3C[C@H](C)N(C(=O)OC(C)(C)C)CC3C)c12. The van der Waals surface area contributed by atoms with Gasteiger partial charge in [0.2, 0.25) is 0 Å². The van der Waals surface area contributed by atoms with Crippen molar-refractivity contribution in [3.63, 3.8) is 0 Å². The predicted molar refractivity (Wildman–Crippen MR) is 147 cm³/mol. The lowest BCUT2D eigenvalue weighted by atomic mass is 10.1. The Kier molecular flexibility index (Phi) is 7.44. The summed E-state index contributed by atoms with van der Waals surface area (Å²) >= 11 is 0. The van der Waals surface area contributed by atoms with Crippen molar-refractivity contribution in [1.82, 2.24) is 24.4 Å². The minimum absolute atomic E-state index is 0.0246. The van der Waals surface area contributed by atoms with E-state index < -0.39 is 11.6 Å². The van der Waals surface area contributed by atoms with Gasteiger partial charge < -0.3 is 19.3 Å². The highest BCUT2D eigenvalue weighted by atomic mass is 16.6. The smallest absolute Gasteiger partial charge is 0.410 e. The van der Waals surface area contributed by atoms with Crippen LogP contribution in [-0.4, -0.2) is 73.9 Å². The van der Waals surface area contributed by atoms with E-state index in [0.717, 1.165) is 22.3 Å². The van der Waals surface area contributed by atoms with Crippen LogP contribution in [0.3, 0.4) is 0 Å². The first-order chi connectivity index (χ1) is 17.9. The normalized spacial score (nSPS) is 18.0. The van der Waals surface area contributed by atoms with Crippen molar-refractivity contribution in [3.8, 4) is 5.82 Å². The topological polar surface area (TPSA) is 103 Å². The number of nitrogens with zero attached hydrogens (tertiary/aromatic N) is 6. The van der Waals surface area contributed by atoms with E-state index in [1.807, 2.05) is 45.4 Å². The highest BCUT2D eigenvalue weighted by Crippen LogP contribution is 2.35. The summed E-state index contributed by atoms with van der Waals surface area (Å²) in [7, 11) is 0. The molecule has 1 saturated heterocycles. The third-order valence-corrected chi connectivity index (χ3v) is 6.41. The van der Waals surface area contributed by atoms with E-state index in [-0.39, 0.29) is 24.8 Å². The molecule has 2 atom stereocenters. The second-order valence-electron chi connectivity index (χ2n) is 10.7. The van der Waals surface area contributed by atoms with Crippen molar-refractivity contribution in [2.45, 2.75) is 66.2 Å². The number of anilines is 1. The molecule has 1 aliphatic heterocycles. The average Bonchev–Trinajstić information content (AvgIpc) is 3.25. The van der Waals surface area contributed by atoms with Gasteiger partial charge in [0.15, 0.2) is 5.65 Å². The number of fused-ring (bicyclic) bond motifs is 1. The molecule has 10 heteroatoms. The van der Waals surface area contributed by atoms with Crippen molar-refractivity contribution >= 4 is 34.5 Å². The van der Waals surface area contributed by atoms with Crippen molar-refractivity contribution < 1.29 is 19.1 Å². The molecule has 3 aromatic rings. The van der Waals surface area contributed by atoms with Gasteiger partial charge in [0.05, 0.1) is 17.6 Å². The number of allylic oxidation sites excluding steroid dienone is 1. The molecule has 202 valence electrons. The summed E-state index contributed by atoms with van der Waals surface area (Å²) in [6, 6.07) is 3.19. The standard InChI is InChI=1S/C28H36N6O4/c1-9-37-26(35)20-10-11-29-22(12-20)34-15-21(17(2)3)23-24(30-16-31-25(23)34)32-13-19(5)33(14-18(32)4)27(36)38-28(6,7)8/h10-12,15-16,18-19H,2,9,13-14H2,1,3-8H3/t18?,19-/m0/s1. The van der Waals surface area contributed by atoms with Crippen molar-refractivity contribution in [2.24, 2.45) is 0 Å². The van der Waals surface area contributed by atoms with E-state index in [9.17, 15) is 9.59 Å². The molecular formula is C28H36N6O4. The molecular weight excluding hydrogens is 484 g/mol. The Balaban J connectivity index is 1.75. The molecule has 4 heterocycles. The van der Waals surface area contributed by atoms with Gasteiger partial charge in [-0.3, -0.25) is 4.57 Å². The summed E-state index contributed by atoms with van der Waals surface area (Å²) < 4.78 is 12.6. The van der Waals surface area contributed by atoms with E-state index in [0.29, 0.717) is 30.1 Å². The maximum absolute atomic E-state index is 12.9. The van der Waals surface area contributed by atoms with Crippen LogP contribution in [0.4, 0.5) is 10.6 Å². The van der Waals surface area contributed by atoms with Gasteiger partial charge in [0, 0.05) is 43.1 Å². The number of hydrogen-bond acceptors (Lipinski definition) is 8. The molecule has 1 amide bonds. The first-order valence-electron chi connectivity index (χ1n) is 12.8. The predicted octanol–water partition coefficient (Wildman–Crippen LogP) is 4.86. The lowest BCUT2D eigenvalue weighted by Crippen LogP contribution is -2.59. The Hall–Kier alpha value is -3.95. The molecule has 1 aliphatic rings. The van der Waals surface area contributed by atoms with Gasteiger partial charge in [-0.15, -0.1) is 0 Å². The quantitative estimate of drug-likeness (QED) is 0.440. The van der Waals surface area contributed by atoms with Gasteiger partial charge in [0.25, 0.3) is 0 Å². The van der Waals surface area contributed by atoms with Crippen LogP contribution in [0.1, 0.15) is 64.4 Å². The van der Waals surface area contributed by atoms with Crippen molar-refractivity contribution in [3.05, 3.63) is 48.6 Å². The van der Waals surface area contributed by atoms with E-state index in [1.54, 1.807) is 30.2 Å². The van der Waals surface area contributed by atoms with Gasteiger partial charge in [-0.25, -0.2) is 24.5 Å². The third kappa shape index (κ3) is 5.34. The number of carbonyl (C=O) groups excluding carboxylic acids is 2. The highest BCUT2D eigenvalue weighted by molar-refractivity contribution is 5.99. The molecule has 1 fully saturated rings. The van der Waals surface area contributed by atoms with Gasteiger partial charge >= 0.3 is 12.1 Å². The summed E-state index contributed by atoms with van der Waals surface area (Å²) in [6.45, 7) is 18.9. The number of esters is 1. The summed E-state index contributed by atoms with van der Waals surface area (Å²) in [4.78, 5) is 43.0. The largest absolute Gasteiger partial charge is 0.462 e. The number of rotatable bonds is 5. The molecule has 1 unspecified atom stereocenters. The minimum atomic E-state index is -0.562. The molecule has 3 aromatic heterocycles. The zero-order valence-electron chi connectivity index (χ0n) is 23.2. The monoisotopic (exact) mass is 520 g/mol. The van der Waals surface area contributed by atoms with Gasteiger partial charge in [-0.1, -0.05) is 6.58 Å². The Bertz CT molecular complexity index is 1380. The van der Waals surface area contributed by atoms with E-state index in [4.69, 9.17) is 14.5 Å². The minimum Gasteiger partial charge on any atom is -0.462 e. The third-order valence-electron chi connectivity index (χ3n) is 6.41. The van der Waals surface area contributed by atoms with Crippen LogP contribution >= 0.6 is 0 Å². The lowest BCUT2D eigenvalue weighted by Gasteiger charge is -2.44. The van der Waals surface area contributed by atoms with Crippen molar-refractivity contribution in [2.75, 3.05) is 24.6 Å². The van der Waals surface area contributed by atoms with Crippen LogP contribution in [0.2, 0.25) is 0 Å². The second kappa shape index (κ2) is 10.4. The summed E-state index contributed by atoms with van der Waals surface area (Å²) in [6.07, 6.45) is 4.72. The Labute approximate surface area is 223 Å². The molecule has 0 radical (unpaired) electrons. The van der Waals surface area contributed by atoms with Crippen LogP contribution in [0, 0.1) is 0 Å². The van der Waals surface area contributed by atoms with Gasteiger partial charge in [0.1, 0.15) is 23.6 Å². The first kappa shape index (κ1) is 27.1. The molecule has 0 aliphatic carbocycles. The Morgan fingerprint density at radius 2 is 1.87 bits per heavy atom. The number of pyridine rings is 1. The average molecular weight is 521 g/mol. The van der Waals surface area contributed by atoms with E-state index in [1.165, 1.54) is 6.33 Å². The Morgan fingerprint density at radius 1 is 1.13 bits per heavy atom. The maximum Gasteiger partial charge on any atom is 0.410 e. The van der Waals surface area contributed by atoms with Crippen molar-refractivity contribution in [1.29, 1.82) is 0 Å². The zero-order valence-corrected chi connectivity index (χ0v) is 23.2. The van der Waals surface area contributed by atoms with Crippen LogP contribution in [0.15, 0.2) is 37.4 Å². The number of piperazine rings is 1.